The first-order valence-corrected chi connectivity index (χ1v) is 10.5. The van der Waals surface area contributed by atoms with E-state index in [1.165, 1.54) is 6.20 Å². The molecule has 5 nitrogen and oxygen atoms in total. The number of aliphatic hydroxyl groups is 1. The van der Waals surface area contributed by atoms with Gasteiger partial charge in [-0.05, 0) is 73.6 Å². The second-order valence-corrected chi connectivity index (χ2v) is 9.32. The van der Waals surface area contributed by atoms with Crippen LogP contribution in [0.4, 0.5) is 0 Å². The summed E-state index contributed by atoms with van der Waals surface area (Å²) < 4.78 is 0. The van der Waals surface area contributed by atoms with Gasteiger partial charge in [0.2, 0.25) is 5.28 Å². The summed E-state index contributed by atoms with van der Waals surface area (Å²) in [6, 6.07) is 0.157. The van der Waals surface area contributed by atoms with Crippen LogP contribution < -0.4 is 5.32 Å². The molecular weight excluding hydrogens is 358 g/mol. The van der Waals surface area contributed by atoms with Crippen LogP contribution in [0, 0.1) is 17.8 Å². The van der Waals surface area contributed by atoms with E-state index in [1.54, 1.807) is 11.8 Å². The van der Waals surface area contributed by atoms with Crippen molar-refractivity contribution < 1.29 is 9.90 Å². The van der Waals surface area contributed by atoms with Gasteiger partial charge in [0.1, 0.15) is 5.03 Å². The van der Waals surface area contributed by atoms with Gasteiger partial charge in [0.25, 0.3) is 5.91 Å². The van der Waals surface area contributed by atoms with Gasteiger partial charge < -0.3 is 10.4 Å². The van der Waals surface area contributed by atoms with Gasteiger partial charge in [0, 0.05) is 12.2 Å². The summed E-state index contributed by atoms with van der Waals surface area (Å²) in [7, 11) is 0. The second-order valence-electron chi connectivity index (χ2n) is 7.90. The van der Waals surface area contributed by atoms with Crippen molar-refractivity contribution in [3.05, 3.63) is 17.0 Å². The van der Waals surface area contributed by atoms with Crippen LogP contribution in [-0.2, 0) is 0 Å². The van der Waals surface area contributed by atoms with Gasteiger partial charge in [-0.2, -0.15) is 0 Å². The molecule has 4 bridgehead atoms. The molecule has 2 atom stereocenters. The molecule has 25 heavy (non-hydrogen) atoms. The van der Waals surface area contributed by atoms with E-state index >= 15 is 0 Å². The van der Waals surface area contributed by atoms with Crippen LogP contribution in [0.15, 0.2) is 11.2 Å². The summed E-state index contributed by atoms with van der Waals surface area (Å²) in [5.74, 6) is 2.18. The Bertz CT molecular complexity index is 670. The fourth-order valence-electron chi connectivity index (χ4n) is 5.26. The molecule has 4 fully saturated rings. The molecule has 0 aromatic carbocycles. The van der Waals surface area contributed by atoms with Gasteiger partial charge in [-0.25, -0.2) is 9.97 Å². The summed E-state index contributed by atoms with van der Waals surface area (Å²) >= 11 is 7.45. The Morgan fingerprint density at radius 3 is 2.76 bits per heavy atom. The molecule has 5 rings (SSSR count). The van der Waals surface area contributed by atoms with Gasteiger partial charge in [0.15, 0.2) is 0 Å². The largest absolute Gasteiger partial charge is 0.390 e. The topological polar surface area (TPSA) is 75.1 Å². The highest BCUT2D eigenvalue weighted by Crippen LogP contribution is 2.55. The van der Waals surface area contributed by atoms with Crippen LogP contribution in [0.2, 0.25) is 5.28 Å². The second kappa shape index (κ2) is 6.71. The third-order valence-corrected chi connectivity index (χ3v) is 7.33. The minimum Gasteiger partial charge on any atom is -0.390 e. The van der Waals surface area contributed by atoms with Crippen LogP contribution in [0.1, 0.15) is 55.8 Å². The predicted octanol–water partition coefficient (Wildman–Crippen LogP) is 3.30. The van der Waals surface area contributed by atoms with Crippen LogP contribution in [-0.4, -0.2) is 38.4 Å². The van der Waals surface area contributed by atoms with Crippen molar-refractivity contribution in [2.75, 3.05) is 5.75 Å². The molecule has 0 radical (unpaired) electrons. The number of nitrogens with one attached hydrogen (secondary N) is 1. The van der Waals surface area contributed by atoms with Crippen molar-refractivity contribution in [2.24, 2.45) is 17.8 Å². The first kappa shape index (κ1) is 17.6. The summed E-state index contributed by atoms with van der Waals surface area (Å²) in [6.07, 6.45) is 7.37. The van der Waals surface area contributed by atoms with E-state index in [0.29, 0.717) is 28.3 Å². The highest BCUT2D eigenvalue weighted by molar-refractivity contribution is 7.99. The Labute approximate surface area is 157 Å². The van der Waals surface area contributed by atoms with E-state index in [1.807, 2.05) is 0 Å². The van der Waals surface area contributed by atoms with Gasteiger partial charge in [-0.3, -0.25) is 4.79 Å². The van der Waals surface area contributed by atoms with Crippen LogP contribution in [0.3, 0.4) is 0 Å². The van der Waals surface area contributed by atoms with E-state index in [-0.39, 0.29) is 17.2 Å². The molecule has 4 saturated carbocycles. The molecular formula is C18H24ClN3O2S. The number of halogens is 1. The zero-order valence-corrected chi connectivity index (χ0v) is 15.9. The number of carbonyl (C=O) groups is 1. The number of aromatic nitrogens is 2. The van der Waals surface area contributed by atoms with Gasteiger partial charge in [-0.1, -0.05) is 6.92 Å². The number of hydrogen-bond donors (Lipinski definition) is 2. The third kappa shape index (κ3) is 3.40. The molecule has 1 aromatic rings. The summed E-state index contributed by atoms with van der Waals surface area (Å²) in [5.41, 5.74) is 0.0267. The third-order valence-electron chi connectivity index (χ3n) is 5.95. The minimum absolute atomic E-state index is 0.111. The molecule has 4 aliphatic rings. The van der Waals surface area contributed by atoms with Crippen LogP contribution in [0.25, 0.3) is 0 Å². The first-order chi connectivity index (χ1) is 12.0. The molecule has 1 amide bonds. The summed E-state index contributed by atoms with van der Waals surface area (Å²) in [4.78, 5) is 21.1. The van der Waals surface area contributed by atoms with Gasteiger partial charge in [0.05, 0.1) is 11.2 Å². The number of carbonyl (C=O) groups excluding carboxylic acids is 1. The molecule has 4 aliphatic carbocycles. The molecule has 2 unspecified atom stereocenters. The molecule has 7 heteroatoms. The zero-order valence-electron chi connectivity index (χ0n) is 14.4. The summed E-state index contributed by atoms with van der Waals surface area (Å²) in [5, 5.41) is 14.8. The molecule has 1 heterocycles. The fraction of sp³-hybridized carbons (Fsp3) is 0.722. The summed E-state index contributed by atoms with van der Waals surface area (Å²) in [6.45, 7) is 2.09. The Morgan fingerprint density at radius 2 is 2.12 bits per heavy atom. The lowest BCUT2D eigenvalue weighted by Crippen LogP contribution is -2.61. The Morgan fingerprint density at radius 1 is 1.40 bits per heavy atom. The quantitative estimate of drug-likeness (QED) is 0.465. The maximum atomic E-state index is 12.9. The van der Waals surface area contributed by atoms with Crippen LogP contribution in [0.5, 0.6) is 0 Å². The van der Waals surface area contributed by atoms with Crippen molar-refractivity contribution in [1.29, 1.82) is 0 Å². The number of rotatable bonds is 5. The number of nitrogens with zero attached hydrogens (tertiary/aromatic N) is 2. The van der Waals surface area contributed by atoms with E-state index in [9.17, 15) is 9.90 Å². The minimum atomic E-state index is -0.483. The lowest BCUT2D eigenvalue weighted by atomic mass is 9.52. The van der Waals surface area contributed by atoms with E-state index in [2.05, 4.69) is 22.2 Å². The Balaban J connectivity index is 1.51. The van der Waals surface area contributed by atoms with E-state index in [4.69, 9.17) is 11.6 Å². The maximum Gasteiger partial charge on any atom is 0.255 e. The molecule has 1 aromatic heterocycles. The number of hydrogen-bond acceptors (Lipinski definition) is 5. The molecule has 0 aliphatic heterocycles. The maximum absolute atomic E-state index is 12.9. The molecule has 0 saturated heterocycles. The fourth-order valence-corrected chi connectivity index (χ4v) is 6.29. The number of amides is 1. The molecule has 2 N–H and O–H groups in total. The monoisotopic (exact) mass is 381 g/mol. The SMILES string of the molecule is CCCSc1nc(Cl)ncc1C(=O)NC1C2CC3CC1CC(O)(C3)C2. The van der Waals surface area contributed by atoms with Crippen molar-refractivity contribution in [2.45, 2.75) is 62.1 Å². The van der Waals surface area contributed by atoms with E-state index in [0.717, 1.165) is 44.3 Å². The number of thioether (sulfide) groups is 1. The average molecular weight is 382 g/mol. The molecule has 0 spiro atoms. The van der Waals surface area contributed by atoms with Crippen molar-refractivity contribution >= 4 is 29.3 Å². The van der Waals surface area contributed by atoms with Crippen LogP contribution >= 0.6 is 23.4 Å². The highest BCUT2D eigenvalue weighted by atomic mass is 35.5. The highest BCUT2D eigenvalue weighted by Gasteiger charge is 2.55. The van der Waals surface area contributed by atoms with E-state index < -0.39 is 5.60 Å². The standard InChI is InChI=1S/C18H24ClN3O2S/c1-2-3-25-16-13(9-20-17(19)22-16)15(23)21-14-11-4-10-5-12(14)8-18(24,6-10)7-11/h9-12,14,24H,2-8H2,1H3,(H,21,23). The Hall–Kier alpha value is -0.850. The lowest BCUT2D eigenvalue weighted by molar-refractivity contribution is -0.136. The van der Waals surface area contributed by atoms with Gasteiger partial charge >= 0.3 is 0 Å². The zero-order chi connectivity index (χ0) is 17.6. The van der Waals surface area contributed by atoms with Crippen molar-refractivity contribution in [1.82, 2.24) is 15.3 Å². The van der Waals surface area contributed by atoms with Gasteiger partial charge in [-0.15, -0.1) is 11.8 Å². The van der Waals surface area contributed by atoms with Crippen molar-refractivity contribution in [3.8, 4) is 0 Å². The average Bonchev–Trinajstić information content (AvgIpc) is 2.54. The Kier molecular flexibility index (Phi) is 4.71. The smallest absolute Gasteiger partial charge is 0.255 e. The normalized spacial score (nSPS) is 35.8. The lowest BCUT2D eigenvalue weighted by Gasteiger charge is -2.58. The first-order valence-electron chi connectivity index (χ1n) is 9.16. The predicted molar refractivity (Wildman–Crippen MR) is 97.8 cm³/mol. The van der Waals surface area contributed by atoms with Crippen molar-refractivity contribution in [3.63, 3.8) is 0 Å². The molecule has 136 valence electrons.